The lowest BCUT2D eigenvalue weighted by atomic mass is 10.0. The number of hydrogen-bond acceptors (Lipinski definition) is 5. The maximum Gasteiger partial charge on any atom is 0.416 e. The number of ether oxygens (including phenoxy) is 1. The third-order valence-electron chi connectivity index (χ3n) is 5.18. The van der Waals surface area contributed by atoms with Gasteiger partial charge in [-0.1, -0.05) is 12.1 Å². The molecule has 0 atom stereocenters. The van der Waals surface area contributed by atoms with Crippen LogP contribution in [-0.2, 0) is 12.7 Å². The second kappa shape index (κ2) is 7.51. The topological polar surface area (TPSA) is 59.1 Å². The number of aromatic nitrogens is 2. The number of anilines is 1. The Morgan fingerprint density at radius 2 is 1.90 bits per heavy atom. The number of benzene rings is 2. The fourth-order valence-corrected chi connectivity index (χ4v) is 3.37. The second-order valence-corrected chi connectivity index (χ2v) is 7.18. The van der Waals surface area contributed by atoms with Crippen LogP contribution in [0.25, 0.3) is 10.8 Å². The Morgan fingerprint density at radius 1 is 1.10 bits per heavy atom. The molecule has 1 aliphatic rings. The Bertz CT molecular complexity index is 1050. The minimum absolute atomic E-state index is 0.146. The number of aryl methyl sites for hydroxylation is 1. The molecular weight excluding hydrogens is 381 g/mol. The van der Waals surface area contributed by atoms with Crippen LogP contribution in [0.3, 0.4) is 0 Å². The van der Waals surface area contributed by atoms with Gasteiger partial charge in [-0.3, -0.25) is 0 Å². The zero-order valence-electron chi connectivity index (χ0n) is 16.1. The summed E-state index contributed by atoms with van der Waals surface area (Å²) < 4.78 is 45.4. The van der Waals surface area contributed by atoms with Gasteiger partial charge in [-0.15, -0.1) is 5.10 Å². The Kier molecular flexibility index (Phi) is 5.04. The molecule has 0 bridgehead atoms. The molecule has 1 fully saturated rings. The zero-order chi connectivity index (χ0) is 20.6. The lowest BCUT2D eigenvalue weighted by Gasteiger charge is -2.28. The zero-order valence-corrected chi connectivity index (χ0v) is 16.1. The van der Waals surface area contributed by atoms with Crippen LogP contribution in [-0.4, -0.2) is 29.4 Å². The summed E-state index contributed by atoms with van der Waals surface area (Å²) in [6.07, 6.45) is -4.23. The minimum Gasteiger partial charge on any atom is -0.488 e. The van der Waals surface area contributed by atoms with E-state index in [1.165, 1.54) is 13.0 Å². The van der Waals surface area contributed by atoms with Gasteiger partial charge in [-0.2, -0.15) is 18.3 Å². The average molecular weight is 402 g/mol. The molecule has 0 saturated carbocycles. The van der Waals surface area contributed by atoms with E-state index in [0.29, 0.717) is 11.4 Å². The molecule has 8 heteroatoms. The first-order valence-electron chi connectivity index (χ1n) is 9.37. The second-order valence-electron chi connectivity index (χ2n) is 7.18. The molecule has 0 aliphatic carbocycles. The van der Waals surface area contributed by atoms with Crippen molar-refractivity contribution in [1.82, 2.24) is 15.5 Å². The summed E-state index contributed by atoms with van der Waals surface area (Å²) in [5.74, 6) is 1.24. The third-order valence-corrected chi connectivity index (χ3v) is 5.18. The number of hydrogen-bond donors (Lipinski definition) is 2. The summed E-state index contributed by atoms with van der Waals surface area (Å²) in [7, 11) is 0. The first kappa shape index (κ1) is 19.4. The number of fused-ring (bicyclic) bond motifs is 1. The van der Waals surface area contributed by atoms with Crippen molar-refractivity contribution in [2.75, 3.05) is 18.4 Å². The van der Waals surface area contributed by atoms with Crippen molar-refractivity contribution in [2.24, 2.45) is 0 Å². The van der Waals surface area contributed by atoms with Crippen LogP contribution >= 0.6 is 0 Å². The monoisotopic (exact) mass is 402 g/mol. The highest BCUT2D eigenvalue weighted by atomic mass is 19.4. The molecule has 5 nitrogen and oxygen atoms in total. The molecule has 4 rings (SSSR count). The van der Waals surface area contributed by atoms with Crippen LogP contribution in [0.1, 0.15) is 22.4 Å². The fraction of sp³-hybridized carbons (Fsp3) is 0.333. The van der Waals surface area contributed by atoms with Crippen LogP contribution < -0.4 is 15.4 Å². The molecule has 152 valence electrons. The van der Waals surface area contributed by atoms with Gasteiger partial charge in [0, 0.05) is 30.4 Å². The molecule has 1 aromatic heterocycles. The first-order chi connectivity index (χ1) is 13.8. The lowest BCUT2D eigenvalue weighted by molar-refractivity contribution is -0.138. The molecule has 0 radical (unpaired) electrons. The van der Waals surface area contributed by atoms with Crippen molar-refractivity contribution in [3.63, 3.8) is 0 Å². The molecule has 2 heterocycles. The van der Waals surface area contributed by atoms with Crippen molar-refractivity contribution in [1.29, 1.82) is 0 Å². The smallest absolute Gasteiger partial charge is 0.416 e. The van der Waals surface area contributed by atoms with E-state index in [0.717, 1.165) is 41.4 Å². The Labute approximate surface area is 166 Å². The molecule has 2 aromatic carbocycles. The fourth-order valence-electron chi connectivity index (χ4n) is 3.37. The molecular formula is C21H21F3N4O. The van der Waals surface area contributed by atoms with Gasteiger partial charge >= 0.3 is 6.18 Å². The molecule has 0 amide bonds. The number of rotatable bonds is 5. The van der Waals surface area contributed by atoms with Gasteiger partial charge in [0.25, 0.3) is 0 Å². The van der Waals surface area contributed by atoms with Gasteiger partial charge in [0.2, 0.25) is 0 Å². The molecule has 29 heavy (non-hydrogen) atoms. The van der Waals surface area contributed by atoms with Gasteiger partial charge in [-0.05, 0) is 49.2 Å². The summed E-state index contributed by atoms with van der Waals surface area (Å²) in [4.78, 5) is 0. The predicted octanol–water partition coefficient (Wildman–Crippen LogP) is 4.23. The minimum atomic E-state index is -4.38. The number of halogens is 3. The van der Waals surface area contributed by atoms with Gasteiger partial charge in [0.1, 0.15) is 11.9 Å². The first-order valence-corrected chi connectivity index (χ1v) is 9.37. The van der Waals surface area contributed by atoms with E-state index in [1.54, 1.807) is 6.07 Å². The van der Waals surface area contributed by atoms with E-state index in [4.69, 9.17) is 4.74 Å². The number of nitrogens with zero attached hydrogens (tertiary/aromatic N) is 2. The van der Waals surface area contributed by atoms with E-state index in [9.17, 15) is 13.2 Å². The summed E-state index contributed by atoms with van der Waals surface area (Å²) in [6.45, 7) is 5.18. The molecule has 0 spiro atoms. The normalized spacial score (nSPS) is 14.7. The molecule has 1 aliphatic heterocycles. The Hall–Kier alpha value is -2.87. The molecule has 1 saturated heterocycles. The maximum absolute atomic E-state index is 13.2. The third kappa shape index (κ3) is 3.98. The molecule has 0 unspecified atom stereocenters. The highest BCUT2D eigenvalue weighted by Crippen LogP contribution is 2.33. The number of nitrogens with one attached hydrogen (secondary N) is 2. The number of alkyl halides is 3. The van der Waals surface area contributed by atoms with Gasteiger partial charge in [-0.25, -0.2) is 0 Å². The van der Waals surface area contributed by atoms with Crippen LogP contribution in [0, 0.1) is 13.8 Å². The average Bonchev–Trinajstić information content (AvgIpc) is 2.64. The van der Waals surface area contributed by atoms with Gasteiger partial charge in [0.05, 0.1) is 11.3 Å². The standard InChI is InChI=1S/C21H21F3N4O/c1-12-14(4-3-5-19(12)21(22,23)24)9-26-20-18-8-15(29-16-10-25-11-16)6-7-17(18)13(2)27-28-20/h3-8,16,25H,9-11H2,1-2H3,(H,26,28). The maximum atomic E-state index is 13.2. The Balaban J connectivity index is 1.62. The van der Waals surface area contributed by atoms with Crippen molar-refractivity contribution < 1.29 is 17.9 Å². The van der Waals surface area contributed by atoms with Gasteiger partial charge < -0.3 is 15.4 Å². The van der Waals surface area contributed by atoms with Crippen molar-refractivity contribution in [3.8, 4) is 5.75 Å². The molecule has 3 aromatic rings. The highest BCUT2D eigenvalue weighted by molar-refractivity contribution is 5.94. The van der Waals surface area contributed by atoms with Crippen LogP contribution in [0.4, 0.5) is 19.0 Å². The van der Waals surface area contributed by atoms with Crippen molar-refractivity contribution in [2.45, 2.75) is 32.7 Å². The largest absolute Gasteiger partial charge is 0.488 e. The summed E-state index contributed by atoms with van der Waals surface area (Å²) >= 11 is 0. The summed E-state index contributed by atoms with van der Waals surface area (Å²) in [6, 6.07) is 9.93. The van der Waals surface area contributed by atoms with E-state index >= 15 is 0 Å². The lowest BCUT2D eigenvalue weighted by Crippen LogP contribution is -2.50. The van der Waals surface area contributed by atoms with Crippen LogP contribution in [0.5, 0.6) is 5.75 Å². The summed E-state index contributed by atoms with van der Waals surface area (Å²) in [5.41, 5.74) is 0.917. The van der Waals surface area contributed by atoms with E-state index in [-0.39, 0.29) is 18.2 Å². The quantitative estimate of drug-likeness (QED) is 0.669. The SMILES string of the molecule is Cc1c(CNc2nnc(C)c3ccc(OC4CNC4)cc23)cccc1C(F)(F)F. The van der Waals surface area contributed by atoms with Crippen molar-refractivity contribution >= 4 is 16.6 Å². The van der Waals surface area contributed by atoms with Crippen LogP contribution in [0.15, 0.2) is 36.4 Å². The van der Waals surface area contributed by atoms with Crippen LogP contribution in [0.2, 0.25) is 0 Å². The van der Waals surface area contributed by atoms with Gasteiger partial charge in [0.15, 0.2) is 5.82 Å². The predicted molar refractivity (Wildman–Crippen MR) is 105 cm³/mol. The van der Waals surface area contributed by atoms with E-state index in [2.05, 4.69) is 20.8 Å². The summed E-state index contributed by atoms with van der Waals surface area (Å²) in [5, 5.41) is 16.5. The Morgan fingerprint density at radius 3 is 2.59 bits per heavy atom. The molecule has 2 N–H and O–H groups in total. The van der Waals surface area contributed by atoms with Crippen molar-refractivity contribution in [3.05, 3.63) is 58.8 Å². The highest BCUT2D eigenvalue weighted by Gasteiger charge is 2.32. The van der Waals surface area contributed by atoms with E-state index < -0.39 is 11.7 Å². The van der Waals surface area contributed by atoms with E-state index in [1.807, 2.05) is 25.1 Å².